The molecule has 3 rings (SSSR count). The summed E-state index contributed by atoms with van der Waals surface area (Å²) in [4.78, 5) is 25.8. The van der Waals surface area contributed by atoms with Crippen molar-refractivity contribution < 1.29 is 19.4 Å². The molecule has 2 aromatic rings. The van der Waals surface area contributed by atoms with Gasteiger partial charge in [0.2, 0.25) is 5.91 Å². The number of methoxy groups -OCH3 is 1. The summed E-state index contributed by atoms with van der Waals surface area (Å²) in [5.74, 6) is -1.29. The van der Waals surface area contributed by atoms with Crippen molar-refractivity contribution in [2.45, 2.75) is 18.9 Å². The van der Waals surface area contributed by atoms with E-state index in [1.54, 1.807) is 36.3 Å². The van der Waals surface area contributed by atoms with Gasteiger partial charge in [0.25, 0.3) is 0 Å². The number of nitrogens with zero attached hydrogens (tertiary/aromatic N) is 1. The molecule has 1 amide bonds. The van der Waals surface area contributed by atoms with Crippen molar-refractivity contribution in [1.29, 1.82) is 0 Å². The average Bonchev–Trinajstić information content (AvgIpc) is 2.62. The van der Waals surface area contributed by atoms with Crippen LogP contribution in [0.15, 0.2) is 54.6 Å². The quantitative estimate of drug-likeness (QED) is 0.862. The van der Waals surface area contributed by atoms with Crippen LogP contribution in [0, 0.1) is 5.92 Å². The lowest BCUT2D eigenvalue weighted by molar-refractivity contribution is -0.312. The Kier molecular flexibility index (Phi) is 4.51. The van der Waals surface area contributed by atoms with Gasteiger partial charge >= 0.3 is 0 Å². The molecular weight excluding hydrogens is 306 g/mol. The van der Waals surface area contributed by atoms with Gasteiger partial charge in [-0.15, -0.1) is 0 Å². The molecule has 24 heavy (non-hydrogen) atoms. The second-order valence-corrected chi connectivity index (χ2v) is 5.78. The van der Waals surface area contributed by atoms with Crippen molar-refractivity contribution in [1.82, 2.24) is 0 Å². The van der Waals surface area contributed by atoms with Gasteiger partial charge in [0.05, 0.1) is 13.2 Å². The van der Waals surface area contributed by atoms with E-state index in [2.05, 4.69) is 0 Å². The van der Waals surface area contributed by atoms with Crippen LogP contribution in [0.25, 0.3) is 0 Å². The van der Waals surface area contributed by atoms with Crippen LogP contribution in [-0.4, -0.2) is 19.0 Å². The van der Waals surface area contributed by atoms with Gasteiger partial charge in [-0.05, 0) is 36.2 Å². The summed E-state index contributed by atoms with van der Waals surface area (Å²) in [7, 11) is 1.57. The summed E-state index contributed by atoms with van der Waals surface area (Å²) in [5, 5.41) is 11.7. The first-order valence-corrected chi connectivity index (χ1v) is 7.83. The number of ether oxygens (including phenoxy) is 1. The monoisotopic (exact) mass is 324 g/mol. The standard InChI is InChI=1S/C19H19NO4/c1-24-15-9-7-14(8-10-15)20-17(21)12-11-16(19(22)23)18(20)13-5-3-2-4-6-13/h2-10,16,18H,11-12H2,1H3,(H,22,23)/p-1/t16-,18+/m0/s1. The van der Waals surface area contributed by atoms with Crippen molar-refractivity contribution in [2.24, 2.45) is 5.92 Å². The van der Waals surface area contributed by atoms with Gasteiger partial charge < -0.3 is 19.5 Å². The summed E-state index contributed by atoms with van der Waals surface area (Å²) in [6.45, 7) is 0. The number of hydrogen-bond acceptors (Lipinski definition) is 4. The Balaban J connectivity index is 2.07. The van der Waals surface area contributed by atoms with Crippen molar-refractivity contribution in [3.05, 3.63) is 60.2 Å². The normalized spacial score (nSPS) is 20.7. The highest BCUT2D eigenvalue weighted by Crippen LogP contribution is 2.39. The number of piperidine rings is 1. The van der Waals surface area contributed by atoms with Crippen molar-refractivity contribution in [3.63, 3.8) is 0 Å². The molecular formula is C19H18NO4-. The summed E-state index contributed by atoms with van der Waals surface area (Å²) >= 11 is 0. The number of carbonyl (C=O) groups is 2. The number of aliphatic carboxylic acids is 1. The molecule has 1 aliphatic rings. The Morgan fingerprint density at radius 2 is 1.79 bits per heavy atom. The lowest BCUT2D eigenvalue weighted by Gasteiger charge is -2.42. The van der Waals surface area contributed by atoms with E-state index in [1.165, 1.54) is 0 Å². The van der Waals surface area contributed by atoms with E-state index in [9.17, 15) is 14.7 Å². The van der Waals surface area contributed by atoms with E-state index < -0.39 is 17.9 Å². The van der Waals surface area contributed by atoms with E-state index in [4.69, 9.17) is 4.74 Å². The van der Waals surface area contributed by atoms with Crippen LogP contribution in [0.1, 0.15) is 24.4 Å². The molecule has 0 radical (unpaired) electrons. The molecule has 0 unspecified atom stereocenters. The van der Waals surface area contributed by atoms with E-state index >= 15 is 0 Å². The van der Waals surface area contributed by atoms with Gasteiger partial charge in [0.1, 0.15) is 5.75 Å². The number of carboxylic acids is 1. The van der Waals surface area contributed by atoms with Crippen molar-refractivity contribution >= 4 is 17.6 Å². The van der Waals surface area contributed by atoms with Gasteiger partial charge in [0, 0.05) is 24.0 Å². The maximum atomic E-state index is 12.6. The van der Waals surface area contributed by atoms with E-state index in [0.717, 1.165) is 5.56 Å². The van der Waals surface area contributed by atoms with Crippen LogP contribution in [0.2, 0.25) is 0 Å². The molecule has 2 aromatic carbocycles. The number of carbonyl (C=O) groups excluding carboxylic acids is 2. The predicted octanol–water partition coefficient (Wildman–Crippen LogP) is 1.93. The first-order chi connectivity index (χ1) is 11.6. The first kappa shape index (κ1) is 16.1. The second kappa shape index (κ2) is 6.74. The van der Waals surface area contributed by atoms with Crippen LogP contribution < -0.4 is 14.7 Å². The van der Waals surface area contributed by atoms with Gasteiger partial charge in [-0.1, -0.05) is 30.3 Å². The molecule has 2 atom stereocenters. The lowest BCUT2D eigenvalue weighted by Crippen LogP contribution is -2.49. The number of amides is 1. The minimum Gasteiger partial charge on any atom is -0.550 e. The van der Waals surface area contributed by atoms with Crippen molar-refractivity contribution in [2.75, 3.05) is 12.0 Å². The van der Waals surface area contributed by atoms with Crippen LogP contribution in [0.3, 0.4) is 0 Å². The predicted molar refractivity (Wildman–Crippen MR) is 87.4 cm³/mol. The number of carboxylic acid groups (broad SMARTS) is 1. The van der Waals surface area contributed by atoms with Gasteiger partial charge in [0.15, 0.2) is 0 Å². The van der Waals surface area contributed by atoms with Gasteiger partial charge in [-0.2, -0.15) is 0 Å². The molecule has 124 valence electrons. The Morgan fingerprint density at radius 3 is 2.38 bits per heavy atom. The summed E-state index contributed by atoms with van der Waals surface area (Å²) in [5.41, 5.74) is 1.44. The zero-order chi connectivity index (χ0) is 17.1. The SMILES string of the molecule is COc1ccc(N2C(=O)CC[C@H](C(=O)[O-])[C@H]2c2ccccc2)cc1. The fourth-order valence-corrected chi connectivity index (χ4v) is 3.22. The molecule has 0 saturated carbocycles. The Labute approximate surface area is 140 Å². The highest BCUT2D eigenvalue weighted by atomic mass is 16.5. The maximum absolute atomic E-state index is 12.6. The molecule has 0 N–H and O–H groups in total. The Morgan fingerprint density at radius 1 is 1.12 bits per heavy atom. The minimum atomic E-state index is -1.13. The van der Waals surface area contributed by atoms with E-state index in [0.29, 0.717) is 11.4 Å². The van der Waals surface area contributed by atoms with Crippen molar-refractivity contribution in [3.8, 4) is 5.75 Å². The van der Waals surface area contributed by atoms with E-state index in [-0.39, 0.29) is 18.7 Å². The Bertz CT molecular complexity index is 727. The van der Waals surface area contributed by atoms with Crippen LogP contribution >= 0.6 is 0 Å². The molecule has 0 bridgehead atoms. The number of hydrogen-bond donors (Lipinski definition) is 0. The van der Waals surface area contributed by atoms with Crippen LogP contribution in [-0.2, 0) is 9.59 Å². The largest absolute Gasteiger partial charge is 0.550 e. The lowest BCUT2D eigenvalue weighted by atomic mass is 9.84. The van der Waals surface area contributed by atoms with Crippen LogP contribution in [0.5, 0.6) is 5.75 Å². The number of anilines is 1. The third-order valence-electron chi connectivity index (χ3n) is 4.39. The molecule has 1 saturated heterocycles. The number of rotatable bonds is 4. The third kappa shape index (κ3) is 2.97. The summed E-state index contributed by atoms with van der Waals surface area (Å²) in [6, 6.07) is 15.7. The highest BCUT2D eigenvalue weighted by molar-refractivity contribution is 5.96. The smallest absolute Gasteiger partial charge is 0.227 e. The van der Waals surface area contributed by atoms with E-state index in [1.807, 2.05) is 30.3 Å². The zero-order valence-corrected chi connectivity index (χ0v) is 13.3. The molecule has 1 heterocycles. The second-order valence-electron chi connectivity index (χ2n) is 5.78. The molecule has 0 aromatic heterocycles. The average molecular weight is 324 g/mol. The van der Waals surface area contributed by atoms with Crippen LogP contribution in [0.4, 0.5) is 5.69 Å². The molecule has 1 aliphatic heterocycles. The molecule has 1 fully saturated rings. The molecule has 5 nitrogen and oxygen atoms in total. The fraction of sp³-hybridized carbons (Fsp3) is 0.263. The molecule has 5 heteroatoms. The maximum Gasteiger partial charge on any atom is 0.227 e. The Hall–Kier alpha value is -2.82. The summed E-state index contributed by atoms with van der Waals surface area (Å²) in [6.07, 6.45) is 0.474. The summed E-state index contributed by atoms with van der Waals surface area (Å²) < 4.78 is 5.15. The topological polar surface area (TPSA) is 69.7 Å². The fourth-order valence-electron chi connectivity index (χ4n) is 3.22. The molecule has 0 aliphatic carbocycles. The highest BCUT2D eigenvalue weighted by Gasteiger charge is 2.38. The number of benzene rings is 2. The molecule has 0 spiro atoms. The van der Waals surface area contributed by atoms with Gasteiger partial charge in [-0.3, -0.25) is 4.79 Å². The third-order valence-corrected chi connectivity index (χ3v) is 4.39. The zero-order valence-electron chi connectivity index (χ0n) is 13.3. The minimum absolute atomic E-state index is 0.0912. The first-order valence-electron chi connectivity index (χ1n) is 7.83. The van der Waals surface area contributed by atoms with Gasteiger partial charge in [-0.25, -0.2) is 0 Å².